The Morgan fingerprint density at radius 3 is 2.65 bits per heavy atom. The van der Waals surface area contributed by atoms with E-state index in [1.165, 1.54) is 15.9 Å². The number of benzene rings is 2. The van der Waals surface area contributed by atoms with Crippen molar-refractivity contribution in [1.82, 2.24) is 4.31 Å². The molecule has 3 aromatic rings. The monoisotopic (exact) mass is 442 g/mol. The standard InChI is InChI=1S/C23H26N2O5S/c1-3-17-5-7-20-18(15-30-21(20)12-17)13-23(26)24-19-6-4-16(2)22(14-19)31(27,28)25-8-10-29-11-9-25/h4-7,12,14-15H,3,8-11,13H2,1-2H3,(H,24,26). The Kier molecular flexibility index (Phi) is 6.13. The van der Waals surface area contributed by atoms with E-state index in [0.717, 1.165) is 23.0 Å². The van der Waals surface area contributed by atoms with Crippen LogP contribution >= 0.6 is 0 Å². The molecule has 1 amide bonds. The van der Waals surface area contributed by atoms with Crippen LogP contribution in [0.15, 0.2) is 52.0 Å². The summed E-state index contributed by atoms with van der Waals surface area (Å²) < 4.78 is 38.4. The van der Waals surface area contributed by atoms with Gasteiger partial charge in [-0.1, -0.05) is 25.1 Å². The number of anilines is 1. The normalized spacial score (nSPS) is 15.3. The Hall–Kier alpha value is -2.68. The Morgan fingerprint density at radius 1 is 1.13 bits per heavy atom. The van der Waals surface area contributed by atoms with E-state index >= 15 is 0 Å². The molecular formula is C23H26N2O5S. The summed E-state index contributed by atoms with van der Waals surface area (Å²) in [4.78, 5) is 12.9. The molecule has 4 rings (SSSR count). The Balaban J connectivity index is 1.52. The number of fused-ring (bicyclic) bond motifs is 1. The summed E-state index contributed by atoms with van der Waals surface area (Å²) in [6.45, 7) is 5.24. The van der Waals surface area contributed by atoms with Gasteiger partial charge in [0.1, 0.15) is 5.58 Å². The third kappa shape index (κ3) is 4.51. The van der Waals surface area contributed by atoms with Crippen LogP contribution in [0.4, 0.5) is 5.69 Å². The van der Waals surface area contributed by atoms with Crippen molar-refractivity contribution in [3.63, 3.8) is 0 Å². The molecule has 2 heterocycles. The summed E-state index contributed by atoms with van der Waals surface area (Å²) in [6, 6.07) is 10.9. The number of amides is 1. The van der Waals surface area contributed by atoms with Gasteiger partial charge in [-0.05, 0) is 42.7 Å². The first-order chi connectivity index (χ1) is 14.9. The van der Waals surface area contributed by atoms with Gasteiger partial charge in [-0.15, -0.1) is 0 Å². The van der Waals surface area contributed by atoms with Crippen LogP contribution in [-0.4, -0.2) is 44.9 Å². The van der Waals surface area contributed by atoms with Gasteiger partial charge in [0.2, 0.25) is 15.9 Å². The van der Waals surface area contributed by atoms with E-state index in [2.05, 4.69) is 12.2 Å². The van der Waals surface area contributed by atoms with Gasteiger partial charge in [0.25, 0.3) is 0 Å². The Labute approximate surface area is 182 Å². The minimum Gasteiger partial charge on any atom is -0.464 e. The number of morpholine rings is 1. The van der Waals surface area contributed by atoms with Crippen LogP contribution in [0.5, 0.6) is 0 Å². The number of hydrogen-bond acceptors (Lipinski definition) is 5. The fraction of sp³-hybridized carbons (Fsp3) is 0.348. The maximum Gasteiger partial charge on any atom is 0.243 e. The lowest BCUT2D eigenvalue weighted by Gasteiger charge is -2.26. The molecule has 1 aliphatic rings. The van der Waals surface area contributed by atoms with Gasteiger partial charge in [0, 0.05) is 29.7 Å². The van der Waals surface area contributed by atoms with Crippen molar-refractivity contribution in [3.8, 4) is 0 Å². The van der Waals surface area contributed by atoms with Crippen molar-refractivity contribution in [2.45, 2.75) is 31.6 Å². The van der Waals surface area contributed by atoms with Crippen LogP contribution in [-0.2, 0) is 32.4 Å². The first-order valence-electron chi connectivity index (χ1n) is 10.4. The van der Waals surface area contributed by atoms with E-state index in [4.69, 9.17) is 9.15 Å². The number of hydrogen-bond donors (Lipinski definition) is 1. The molecule has 2 aromatic carbocycles. The molecule has 1 aliphatic heterocycles. The molecule has 1 N–H and O–H groups in total. The van der Waals surface area contributed by atoms with Gasteiger partial charge in [0.05, 0.1) is 30.8 Å². The van der Waals surface area contributed by atoms with Gasteiger partial charge < -0.3 is 14.5 Å². The van der Waals surface area contributed by atoms with Gasteiger partial charge in [-0.3, -0.25) is 4.79 Å². The highest BCUT2D eigenvalue weighted by Crippen LogP contribution is 2.26. The summed E-state index contributed by atoms with van der Waals surface area (Å²) >= 11 is 0. The lowest BCUT2D eigenvalue weighted by atomic mass is 10.1. The molecule has 0 bridgehead atoms. The minimum absolute atomic E-state index is 0.137. The van der Waals surface area contributed by atoms with Crippen molar-refractivity contribution in [2.75, 3.05) is 31.6 Å². The predicted molar refractivity (Wildman–Crippen MR) is 119 cm³/mol. The van der Waals surface area contributed by atoms with E-state index in [1.807, 2.05) is 18.2 Å². The average Bonchev–Trinajstić information content (AvgIpc) is 3.17. The molecule has 7 nitrogen and oxygen atoms in total. The second-order valence-corrected chi connectivity index (χ2v) is 9.57. The minimum atomic E-state index is -3.65. The van der Waals surface area contributed by atoms with E-state index in [1.54, 1.807) is 25.3 Å². The molecule has 0 aliphatic carbocycles. The number of furan rings is 1. The van der Waals surface area contributed by atoms with E-state index in [-0.39, 0.29) is 17.2 Å². The molecule has 164 valence electrons. The molecule has 1 fully saturated rings. The Bertz CT molecular complexity index is 1210. The molecular weight excluding hydrogens is 416 g/mol. The number of sulfonamides is 1. The largest absolute Gasteiger partial charge is 0.464 e. The zero-order valence-electron chi connectivity index (χ0n) is 17.7. The van der Waals surface area contributed by atoms with E-state index in [9.17, 15) is 13.2 Å². The summed E-state index contributed by atoms with van der Waals surface area (Å²) in [5, 5.41) is 3.73. The topological polar surface area (TPSA) is 88.9 Å². The fourth-order valence-corrected chi connectivity index (χ4v) is 5.40. The molecule has 0 radical (unpaired) electrons. The lowest BCUT2D eigenvalue weighted by molar-refractivity contribution is -0.115. The number of ether oxygens (including phenoxy) is 1. The SMILES string of the molecule is CCc1ccc2c(CC(=O)Nc3ccc(C)c(S(=O)(=O)N4CCOCC4)c3)coc2c1. The maximum absolute atomic E-state index is 13.0. The van der Waals surface area contributed by atoms with Crippen LogP contribution in [0.2, 0.25) is 0 Å². The van der Waals surface area contributed by atoms with Gasteiger partial charge in [-0.25, -0.2) is 8.42 Å². The van der Waals surface area contributed by atoms with E-state index < -0.39 is 10.0 Å². The fourth-order valence-electron chi connectivity index (χ4n) is 3.74. The summed E-state index contributed by atoms with van der Waals surface area (Å²) in [7, 11) is -3.65. The van der Waals surface area contributed by atoms with E-state index in [0.29, 0.717) is 37.6 Å². The lowest BCUT2D eigenvalue weighted by Crippen LogP contribution is -2.40. The van der Waals surface area contributed by atoms with Gasteiger partial charge in [0.15, 0.2) is 0 Å². The maximum atomic E-state index is 13.0. The molecule has 0 atom stereocenters. The highest BCUT2D eigenvalue weighted by Gasteiger charge is 2.28. The van der Waals surface area contributed by atoms with Crippen molar-refractivity contribution in [3.05, 3.63) is 59.4 Å². The number of aryl methyl sites for hydroxylation is 2. The zero-order chi connectivity index (χ0) is 22.0. The van der Waals surface area contributed by atoms with Crippen molar-refractivity contribution < 1.29 is 22.4 Å². The molecule has 0 unspecified atom stereocenters. The molecule has 31 heavy (non-hydrogen) atoms. The second kappa shape index (κ2) is 8.82. The van der Waals surface area contributed by atoms with Gasteiger partial charge in [-0.2, -0.15) is 4.31 Å². The second-order valence-electron chi connectivity index (χ2n) is 7.67. The number of nitrogens with one attached hydrogen (secondary N) is 1. The summed E-state index contributed by atoms with van der Waals surface area (Å²) in [5.74, 6) is -0.235. The average molecular weight is 443 g/mol. The van der Waals surface area contributed by atoms with Crippen LogP contribution in [0.3, 0.4) is 0 Å². The van der Waals surface area contributed by atoms with Crippen LogP contribution in [0.25, 0.3) is 11.0 Å². The quantitative estimate of drug-likeness (QED) is 0.631. The van der Waals surface area contributed by atoms with Gasteiger partial charge >= 0.3 is 0 Å². The molecule has 0 saturated carbocycles. The summed E-state index contributed by atoms with van der Waals surface area (Å²) in [5.41, 5.74) is 3.81. The van der Waals surface area contributed by atoms with Crippen LogP contribution in [0.1, 0.15) is 23.6 Å². The zero-order valence-corrected chi connectivity index (χ0v) is 18.5. The summed E-state index contributed by atoms with van der Waals surface area (Å²) in [6.07, 6.45) is 2.65. The number of carbonyl (C=O) groups excluding carboxylic acids is 1. The molecule has 0 spiro atoms. The first-order valence-corrected chi connectivity index (χ1v) is 11.8. The highest BCUT2D eigenvalue weighted by atomic mass is 32.2. The van der Waals surface area contributed by atoms with Crippen molar-refractivity contribution >= 4 is 32.6 Å². The number of carbonyl (C=O) groups is 1. The van der Waals surface area contributed by atoms with Crippen molar-refractivity contribution in [1.29, 1.82) is 0 Å². The smallest absolute Gasteiger partial charge is 0.243 e. The highest BCUT2D eigenvalue weighted by molar-refractivity contribution is 7.89. The third-order valence-corrected chi connectivity index (χ3v) is 7.58. The first kappa shape index (κ1) is 21.5. The molecule has 1 aromatic heterocycles. The predicted octanol–water partition coefficient (Wildman–Crippen LogP) is 3.51. The van der Waals surface area contributed by atoms with Crippen molar-refractivity contribution in [2.24, 2.45) is 0 Å². The number of rotatable bonds is 6. The Morgan fingerprint density at radius 2 is 1.90 bits per heavy atom. The van der Waals surface area contributed by atoms with Crippen LogP contribution < -0.4 is 5.32 Å². The number of nitrogens with zero attached hydrogens (tertiary/aromatic N) is 1. The molecule has 8 heteroatoms. The molecule has 1 saturated heterocycles. The third-order valence-electron chi connectivity index (χ3n) is 5.54. The van der Waals surface area contributed by atoms with Crippen LogP contribution in [0, 0.1) is 6.92 Å².